The van der Waals surface area contributed by atoms with Gasteiger partial charge in [0.25, 0.3) is 0 Å². The highest BCUT2D eigenvalue weighted by Crippen LogP contribution is 2.02. The van der Waals surface area contributed by atoms with E-state index in [9.17, 15) is 0 Å². The molecule has 0 fully saturated rings. The van der Waals surface area contributed by atoms with Gasteiger partial charge in [0.15, 0.2) is 0 Å². The molecule has 0 atom stereocenters. The first-order valence-electron chi connectivity index (χ1n) is 3.01. The zero-order valence-corrected chi connectivity index (χ0v) is 7.88. The fraction of sp³-hybridized carbons (Fsp3) is 0.500. The molecule has 0 aromatic carbocycles. The summed E-state index contributed by atoms with van der Waals surface area (Å²) in [5.41, 5.74) is 1.06. The van der Waals surface area contributed by atoms with Gasteiger partial charge >= 0.3 is 0 Å². The Bertz CT molecular complexity index is 199. The standard InChI is InChI=1S/C6H9IN2O/c1-10-3-2-5-4-6(7)9-8-5/h4H,2-3H2,1H3,(H,8,9). The number of nitrogens with zero attached hydrogens (tertiary/aromatic N) is 1. The third kappa shape index (κ3) is 2.26. The topological polar surface area (TPSA) is 37.9 Å². The smallest absolute Gasteiger partial charge is 0.0960 e. The number of nitrogens with one attached hydrogen (secondary N) is 1. The van der Waals surface area contributed by atoms with Crippen molar-refractivity contribution < 1.29 is 4.74 Å². The van der Waals surface area contributed by atoms with Crippen LogP contribution in [0.4, 0.5) is 0 Å². The normalized spacial score (nSPS) is 10.2. The molecule has 1 N–H and O–H groups in total. The molecule has 0 aliphatic heterocycles. The molecule has 1 aromatic heterocycles. The van der Waals surface area contributed by atoms with Crippen LogP contribution in [0.5, 0.6) is 0 Å². The lowest BCUT2D eigenvalue weighted by Gasteiger charge is -1.91. The molecule has 4 heteroatoms. The fourth-order valence-electron chi connectivity index (χ4n) is 0.671. The molecule has 0 radical (unpaired) electrons. The lowest BCUT2D eigenvalue weighted by molar-refractivity contribution is 0.201. The van der Waals surface area contributed by atoms with E-state index in [-0.39, 0.29) is 0 Å². The highest BCUT2D eigenvalue weighted by Gasteiger charge is 1.96. The van der Waals surface area contributed by atoms with Crippen molar-refractivity contribution in [3.63, 3.8) is 0 Å². The van der Waals surface area contributed by atoms with Gasteiger partial charge in [-0.3, -0.25) is 5.10 Å². The number of aromatic nitrogens is 2. The van der Waals surface area contributed by atoms with Crippen LogP contribution in [0.25, 0.3) is 0 Å². The molecule has 1 rings (SSSR count). The molecular weight excluding hydrogens is 243 g/mol. The first-order chi connectivity index (χ1) is 4.83. The molecule has 56 valence electrons. The van der Waals surface area contributed by atoms with Crippen LogP contribution in [0.3, 0.4) is 0 Å². The van der Waals surface area contributed by atoms with Crippen molar-refractivity contribution in [3.8, 4) is 0 Å². The van der Waals surface area contributed by atoms with E-state index in [4.69, 9.17) is 4.74 Å². The molecule has 3 nitrogen and oxygen atoms in total. The molecule has 0 bridgehead atoms. The third-order valence-electron chi connectivity index (χ3n) is 1.16. The molecule has 0 saturated carbocycles. The molecule has 0 aliphatic rings. The number of ether oxygens (including phenoxy) is 1. The number of rotatable bonds is 3. The van der Waals surface area contributed by atoms with Crippen LogP contribution in [-0.2, 0) is 11.2 Å². The first kappa shape index (κ1) is 8.00. The third-order valence-corrected chi connectivity index (χ3v) is 1.71. The number of hydrogen-bond acceptors (Lipinski definition) is 2. The molecule has 0 saturated heterocycles. The van der Waals surface area contributed by atoms with Crippen molar-refractivity contribution in [2.45, 2.75) is 6.42 Å². The summed E-state index contributed by atoms with van der Waals surface area (Å²) in [6.45, 7) is 0.737. The Labute approximate surface area is 73.3 Å². The average Bonchev–Trinajstić information content (AvgIpc) is 2.31. The highest BCUT2D eigenvalue weighted by atomic mass is 127. The average molecular weight is 252 g/mol. The molecule has 1 aromatic rings. The van der Waals surface area contributed by atoms with E-state index in [0.717, 1.165) is 22.4 Å². The minimum atomic E-state index is 0.737. The van der Waals surface area contributed by atoms with E-state index in [2.05, 4.69) is 32.8 Å². The van der Waals surface area contributed by atoms with Gasteiger partial charge in [0.05, 0.1) is 16.0 Å². The Morgan fingerprint density at radius 3 is 3.10 bits per heavy atom. The Kier molecular flexibility index (Phi) is 3.14. The quantitative estimate of drug-likeness (QED) is 0.821. The van der Waals surface area contributed by atoms with E-state index in [1.165, 1.54) is 0 Å². The number of aromatic amines is 1. The number of hydrogen-bond donors (Lipinski definition) is 1. The van der Waals surface area contributed by atoms with Crippen molar-refractivity contribution in [1.82, 2.24) is 10.2 Å². The van der Waals surface area contributed by atoms with Gasteiger partial charge in [0, 0.05) is 13.5 Å². The van der Waals surface area contributed by atoms with Crippen LogP contribution in [0.15, 0.2) is 6.07 Å². The summed E-state index contributed by atoms with van der Waals surface area (Å²) in [7, 11) is 1.69. The van der Waals surface area contributed by atoms with E-state index in [1.54, 1.807) is 7.11 Å². The van der Waals surface area contributed by atoms with Crippen molar-refractivity contribution >= 4 is 22.6 Å². The number of methoxy groups -OCH3 is 1. The van der Waals surface area contributed by atoms with Gasteiger partial charge in [-0.1, -0.05) is 0 Å². The Balaban J connectivity index is 2.42. The maximum Gasteiger partial charge on any atom is 0.0960 e. The lowest BCUT2D eigenvalue weighted by Crippen LogP contribution is -1.93. The van der Waals surface area contributed by atoms with Gasteiger partial charge in [-0.2, -0.15) is 5.10 Å². The summed E-state index contributed by atoms with van der Waals surface area (Å²) < 4.78 is 5.97. The van der Waals surface area contributed by atoms with Gasteiger partial charge in [-0.15, -0.1) is 0 Å². The fourth-order valence-corrected chi connectivity index (χ4v) is 1.15. The second-order valence-electron chi connectivity index (χ2n) is 1.95. The van der Waals surface area contributed by atoms with Gasteiger partial charge in [-0.05, 0) is 28.7 Å². The van der Waals surface area contributed by atoms with Gasteiger partial charge < -0.3 is 4.74 Å². The van der Waals surface area contributed by atoms with Crippen molar-refractivity contribution in [2.24, 2.45) is 0 Å². The summed E-state index contributed by atoms with van der Waals surface area (Å²) >= 11 is 2.19. The lowest BCUT2D eigenvalue weighted by atomic mass is 10.3. The van der Waals surface area contributed by atoms with Crippen LogP contribution < -0.4 is 0 Å². The summed E-state index contributed by atoms with van der Waals surface area (Å²) in [4.78, 5) is 0. The summed E-state index contributed by atoms with van der Waals surface area (Å²) in [6.07, 6.45) is 0.885. The largest absolute Gasteiger partial charge is 0.384 e. The van der Waals surface area contributed by atoms with E-state index in [1.807, 2.05) is 6.07 Å². The monoisotopic (exact) mass is 252 g/mol. The Hall–Kier alpha value is -0.100. The maximum absolute atomic E-state index is 4.90. The Morgan fingerprint density at radius 2 is 2.60 bits per heavy atom. The van der Waals surface area contributed by atoms with Crippen LogP contribution in [0.1, 0.15) is 5.69 Å². The maximum atomic E-state index is 4.90. The van der Waals surface area contributed by atoms with Crippen LogP contribution >= 0.6 is 22.6 Å². The second-order valence-corrected chi connectivity index (χ2v) is 3.11. The molecule has 0 unspecified atom stereocenters. The molecule has 0 amide bonds. The van der Waals surface area contributed by atoms with E-state index in [0.29, 0.717) is 0 Å². The molecule has 1 heterocycles. The predicted molar refractivity (Wildman–Crippen MR) is 46.9 cm³/mol. The summed E-state index contributed by atoms with van der Waals surface area (Å²) in [5, 5.41) is 6.90. The first-order valence-corrected chi connectivity index (χ1v) is 4.09. The number of halogens is 1. The second kappa shape index (κ2) is 3.92. The zero-order chi connectivity index (χ0) is 7.40. The Morgan fingerprint density at radius 1 is 1.80 bits per heavy atom. The SMILES string of the molecule is COCCc1cc(I)[nH]n1. The minimum Gasteiger partial charge on any atom is -0.384 e. The van der Waals surface area contributed by atoms with Gasteiger partial charge in [0.1, 0.15) is 0 Å². The van der Waals surface area contributed by atoms with Crippen molar-refractivity contribution in [1.29, 1.82) is 0 Å². The van der Waals surface area contributed by atoms with E-state index < -0.39 is 0 Å². The van der Waals surface area contributed by atoms with E-state index >= 15 is 0 Å². The highest BCUT2D eigenvalue weighted by molar-refractivity contribution is 14.1. The van der Waals surface area contributed by atoms with Crippen LogP contribution in [0, 0.1) is 3.70 Å². The summed E-state index contributed by atoms with van der Waals surface area (Å²) in [6, 6.07) is 2.01. The van der Waals surface area contributed by atoms with Crippen molar-refractivity contribution in [2.75, 3.05) is 13.7 Å². The minimum absolute atomic E-state index is 0.737. The molecular formula is C6H9IN2O. The van der Waals surface area contributed by atoms with Crippen LogP contribution in [0.2, 0.25) is 0 Å². The molecule has 0 spiro atoms. The summed E-state index contributed by atoms with van der Waals surface area (Å²) in [5.74, 6) is 0. The molecule has 0 aliphatic carbocycles. The van der Waals surface area contributed by atoms with Crippen LogP contribution in [-0.4, -0.2) is 23.9 Å². The van der Waals surface area contributed by atoms with Gasteiger partial charge in [-0.25, -0.2) is 0 Å². The zero-order valence-electron chi connectivity index (χ0n) is 5.72. The molecule has 10 heavy (non-hydrogen) atoms. The van der Waals surface area contributed by atoms with Crippen molar-refractivity contribution in [3.05, 3.63) is 15.5 Å². The number of H-pyrrole nitrogens is 1. The van der Waals surface area contributed by atoms with Gasteiger partial charge in [0.2, 0.25) is 0 Å². The predicted octanol–water partition coefficient (Wildman–Crippen LogP) is 1.20.